The number of hydrogen-bond donors (Lipinski definition) is 0. The van der Waals surface area contributed by atoms with E-state index in [1.165, 1.54) is 40.7 Å². The average Bonchev–Trinajstić information content (AvgIpc) is 3.25. The zero-order valence-corrected chi connectivity index (χ0v) is 19.2. The van der Waals surface area contributed by atoms with Gasteiger partial charge in [0.1, 0.15) is 36.0 Å². The van der Waals surface area contributed by atoms with Crippen molar-refractivity contribution in [3.8, 4) is 22.8 Å². The highest BCUT2D eigenvalue weighted by Gasteiger charge is 2.33. The number of halogens is 1. The predicted molar refractivity (Wildman–Crippen MR) is 119 cm³/mol. The molecule has 0 atom stereocenters. The molecule has 9 nitrogen and oxygen atoms in total. The van der Waals surface area contributed by atoms with Crippen LogP contribution in [0, 0.1) is 12.7 Å². The molecule has 1 fully saturated rings. The number of carbonyl (C=O) groups excluding carboxylic acids is 1. The Bertz CT molecular complexity index is 1330. The van der Waals surface area contributed by atoms with E-state index in [0.29, 0.717) is 41.7 Å². The van der Waals surface area contributed by atoms with Crippen LogP contribution in [0.1, 0.15) is 16.1 Å². The van der Waals surface area contributed by atoms with E-state index in [4.69, 9.17) is 14.0 Å². The Morgan fingerprint density at radius 3 is 2.35 bits per heavy atom. The van der Waals surface area contributed by atoms with Gasteiger partial charge in [0.05, 0.1) is 4.90 Å². The van der Waals surface area contributed by atoms with Gasteiger partial charge in [0.15, 0.2) is 11.5 Å². The summed E-state index contributed by atoms with van der Waals surface area (Å²) in [6.45, 7) is 3.10. The van der Waals surface area contributed by atoms with E-state index in [1.54, 1.807) is 17.9 Å². The molecule has 0 unspecified atom stereocenters. The highest BCUT2D eigenvalue weighted by molar-refractivity contribution is 7.89. The number of fused-ring (bicyclic) bond motifs is 1. The van der Waals surface area contributed by atoms with Gasteiger partial charge in [-0.25, -0.2) is 12.8 Å². The summed E-state index contributed by atoms with van der Waals surface area (Å²) >= 11 is 0. The van der Waals surface area contributed by atoms with Gasteiger partial charge in [0, 0.05) is 37.8 Å². The molecule has 0 aliphatic carbocycles. The van der Waals surface area contributed by atoms with Crippen LogP contribution in [-0.4, -0.2) is 68.1 Å². The lowest BCUT2D eigenvalue weighted by Crippen LogP contribution is -2.50. The number of ether oxygens (including phenoxy) is 2. The summed E-state index contributed by atoms with van der Waals surface area (Å²) in [6, 6.07) is 10.2. The van der Waals surface area contributed by atoms with Crippen LogP contribution >= 0.6 is 0 Å². The second-order valence-electron chi connectivity index (χ2n) is 7.97. The summed E-state index contributed by atoms with van der Waals surface area (Å²) in [6.07, 6.45) is 0. The van der Waals surface area contributed by atoms with Crippen LogP contribution in [0.15, 0.2) is 51.9 Å². The molecule has 0 saturated carbocycles. The summed E-state index contributed by atoms with van der Waals surface area (Å²) in [5.41, 5.74) is 1.17. The third-order valence-electron chi connectivity index (χ3n) is 5.87. The van der Waals surface area contributed by atoms with Crippen LogP contribution in [0.2, 0.25) is 0 Å². The van der Waals surface area contributed by atoms with Crippen LogP contribution in [0.5, 0.6) is 11.5 Å². The van der Waals surface area contributed by atoms with Crippen molar-refractivity contribution in [2.75, 3.05) is 39.4 Å². The maximum Gasteiger partial charge on any atom is 0.259 e. The molecule has 5 rings (SSSR count). The van der Waals surface area contributed by atoms with Crippen molar-refractivity contribution in [1.82, 2.24) is 14.4 Å². The maximum atomic E-state index is 13.3. The highest BCUT2D eigenvalue weighted by Crippen LogP contribution is 2.33. The molecule has 2 aliphatic rings. The van der Waals surface area contributed by atoms with E-state index >= 15 is 0 Å². The number of rotatable bonds is 4. The lowest BCUT2D eigenvalue weighted by atomic mass is 10.0. The Morgan fingerprint density at radius 1 is 0.971 bits per heavy atom. The fourth-order valence-electron chi connectivity index (χ4n) is 4.05. The van der Waals surface area contributed by atoms with E-state index in [9.17, 15) is 17.6 Å². The van der Waals surface area contributed by atoms with Gasteiger partial charge >= 0.3 is 0 Å². The van der Waals surface area contributed by atoms with E-state index in [0.717, 1.165) is 0 Å². The summed E-state index contributed by atoms with van der Waals surface area (Å²) < 4.78 is 57.2. The van der Waals surface area contributed by atoms with Gasteiger partial charge in [-0.15, -0.1) is 0 Å². The van der Waals surface area contributed by atoms with Gasteiger partial charge in [0.25, 0.3) is 5.91 Å². The minimum Gasteiger partial charge on any atom is -0.486 e. The van der Waals surface area contributed by atoms with Gasteiger partial charge in [0.2, 0.25) is 10.0 Å². The van der Waals surface area contributed by atoms with E-state index in [2.05, 4.69) is 5.16 Å². The normalized spacial score (nSPS) is 16.5. The fraction of sp³-hybridized carbons (Fsp3) is 0.304. The Kier molecular flexibility index (Phi) is 5.74. The molecule has 11 heteroatoms. The number of sulfonamides is 1. The lowest BCUT2D eigenvalue weighted by molar-refractivity contribution is 0.0696. The SMILES string of the molecule is Cc1onc(-c2ccc(F)cc2)c1C(=O)N1CCN(S(=O)(=O)c2ccc3c(c2)OCCO3)CC1. The van der Waals surface area contributed by atoms with Crippen molar-refractivity contribution < 1.29 is 31.6 Å². The molecule has 0 spiro atoms. The number of aromatic nitrogens is 1. The van der Waals surface area contributed by atoms with Gasteiger partial charge < -0.3 is 18.9 Å². The smallest absolute Gasteiger partial charge is 0.259 e. The number of amides is 1. The molecule has 1 aromatic heterocycles. The molecule has 34 heavy (non-hydrogen) atoms. The molecule has 3 aromatic rings. The zero-order valence-electron chi connectivity index (χ0n) is 18.4. The quantitative estimate of drug-likeness (QED) is 0.558. The Hall–Kier alpha value is -3.44. The third-order valence-corrected chi connectivity index (χ3v) is 7.77. The Balaban J connectivity index is 1.32. The molecule has 3 heterocycles. The van der Waals surface area contributed by atoms with Crippen LogP contribution in [-0.2, 0) is 10.0 Å². The van der Waals surface area contributed by atoms with Gasteiger partial charge in [-0.1, -0.05) is 5.16 Å². The van der Waals surface area contributed by atoms with Crippen molar-refractivity contribution in [2.45, 2.75) is 11.8 Å². The van der Waals surface area contributed by atoms with Crippen LogP contribution < -0.4 is 9.47 Å². The van der Waals surface area contributed by atoms with E-state index < -0.39 is 15.8 Å². The predicted octanol–water partition coefficient (Wildman–Crippen LogP) is 2.71. The third kappa shape index (κ3) is 4.01. The first kappa shape index (κ1) is 22.4. The monoisotopic (exact) mass is 487 g/mol. The van der Waals surface area contributed by atoms with Crippen LogP contribution in [0.25, 0.3) is 11.3 Å². The molecule has 2 aromatic carbocycles. The van der Waals surface area contributed by atoms with E-state index in [-0.39, 0.29) is 42.5 Å². The standard InChI is InChI=1S/C23H22FN3O6S/c1-15-21(22(25-33-15)16-2-4-17(24)5-3-16)23(28)26-8-10-27(11-9-26)34(29,30)18-6-7-19-20(14-18)32-13-12-31-19/h2-7,14H,8-13H2,1H3. The minimum absolute atomic E-state index is 0.116. The van der Waals surface area contributed by atoms with Gasteiger partial charge in [-0.2, -0.15) is 4.31 Å². The highest BCUT2D eigenvalue weighted by atomic mass is 32.2. The first-order valence-electron chi connectivity index (χ1n) is 10.8. The van der Waals surface area contributed by atoms with Crippen LogP contribution in [0.4, 0.5) is 4.39 Å². The van der Waals surface area contributed by atoms with Crippen molar-refractivity contribution in [2.24, 2.45) is 0 Å². The maximum absolute atomic E-state index is 13.3. The Labute approximate surface area is 195 Å². The fourth-order valence-corrected chi connectivity index (χ4v) is 5.49. The van der Waals surface area contributed by atoms with Crippen molar-refractivity contribution in [3.05, 3.63) is 59.6 Å². The molecule has 178 valence electrons. The van der Waals surface area contributed by atoms with Crippen molar-refractivity contribution in [1.29, 1.82) is 0 Å². The number of carbonyl (C=O) groups is 1. The number of piperazine rings is 1. The molecule has 0 bridgehead atoms. The molecule has 2 aliphatic heterocycles. The zero-order chi connectivity index (χ0) is 23.9. The molecule has 1 amide bonds. The number of benzene rings is 2. The Morgan fingerprint density at radius 2 is 1.65 bits per heavy atom. The van der Waals surface area contributed by atoms with Crippen molar-refractivity contribution in [3.63, 3.8) is 0 Å². The largest absolute Gasteiger partial charge is 0.486 e. The second-order valence-corrected chi connectivity index (χ2v) is 9.91. The second kappa shape index (κ2) is 8.73. The van der Waals surface area contributed by atoms with Crippen LogP contribution in [0.3, 0.4) is 0 Å². The summed E-state index contributed by atoms with van der Waals surface area (Å²) in [7, 11) is -3.77. The van der Waals surface area contributed by atoms with Gasteiger partial charge in [-0.05, 0) is 43.3 Å². The number of hydrogen-bond acceptors (Lipinski definition) is 7. The molecular formula is C23H22FN3O6S. The molecule has 0 radical (unpaired) electrons. The summed E-state index contributed by atoms with van der Waals surface area (Å²) in [5, 5.41) is 3.99. The summed E-state index contributed by atoms with van der Waals surface area (Å²) in [5.74, 6) is 0.552. The number of nitrogens with zero attached hydrogens (tertiary/aromatic N) is 3. The molecule has 0 N–H and O–H groups in total. The lowest BCUT2D eigenvalue weighted by Gasteiger charge is -2.34. The van der Waals surface area contributed by atoms with Crippen molar-refractivity contribution >= 4 is 15.9 Å². The first-order chi connectivity index (χ1) is 16.3. The average molecular weight is 488 g/mol. The molecular weight excluding hydrogens is 465 g/mol. The number of aryl methyl sites for hydroxylation is 1. The topological polar surface area (TPSA) is 102 Å². The van der Waals surface area contributed by atoms with Gasteiger partial charge in [-0.3, -0.25) is 4.79 Å². The summed E-state index contributed by atoms with van der Waals surface area (Å²) in [4.78, 5) is 15.0. The minimum atomic E-state index is -3.77. The van der Waals surface area contributed by atoms with E-state index in [1.807, 2.05) is 0 Å². The first-order valence-corrected chi connectivity index (χ1v) is 12.2. The molecule has 1 saturated heterocycles.